The normalized spacial score (nSPS) is 28.4. The number of nitrogens with zero attached hydrogens (tertiary/aromatic N) is 2. The Hall–Kier alpha value is -1.77. The smallest absolute Gasteiger partial charge is 0.129 e. The van der Waals surface area contributed by atoms with Crippen LogP contribution >= 0.6 is 0 Å². The minimum absolute atomic E-state index is 0.613. The van der Waals surface area contributed by atoms with Crippen LogP contribution in [0.25, 0.3) is 11.1 Å². The van der Waals surface area contributed by atoms with E-state index in [1.165, 1.54) is 30.5 Å². The predicted molar refractivity (Wildman–Crippen MR) is 76.6 cm³/mol. The van der Waals surface area contributed by atoms with Crippen LogP contribution in [-0.2, 0) is 7.05 Å². The number of rotatable bonds is 2. The molecule has 3 nitrogen and oxygen atoms in total. The number of nitrogens with two attached hydrogens (primary N) is 1. The van der Waals surface area contributed by atoms with E-state index in [9.17, 15) is 0 Å². The molecule has 2 saturated carbocycles. The van der Waals surface area contributed by atoms with E-state index >= 15 is 0 Å². The summed E-state index contributed by atoms with van der Waals surface area (Å²) in [5.74, 6) is 3.35. The minimum Gasteiger partial charge on any atom is -0.383 e. The average Bonchev–Trinajstić information content (AvgIpc) is 2.92. The maximum absolute atomic E-state index is 6.25. The first-order valence-corrected chi connectivity index (χ1v) is 7.12. The van der Waals surface area contributed by atoms with Gasteiger partial charge in [0.15, 0.2) is 0 Å². The Morgan fingerprint density at radius 1 is 1.11 bits per heavy atom. The summed E-state index contributed by atoms with van der Waals surface area (Å²) in [6, 6.07) is 10.4. The molecule has 0 radical (unpaired) electrons. The van der Waals surface area contributed by atoms with Gasteiger partial charge in [-0.3, -0.25) is 4.68 Å². The second kappa shape index (κ2) is 3.86. The lowest BCUT2D eigenvalue weighted by Crippen LogP contribution is -2.00. The lowest BCUT2D eigenvalue weighted by Gasteiger charge is -2.11. The molecule has 1 heterocycles. The van der Waals surface area contributed by atoms with Gasteiger partial charge in [-0.25, -0.2) is 0 Å². The van der Waals surface area contributed by atoms with E-state index in [1.807, 2.05) is 17.8 Å². The molecule has 2 aromatic rings. The first kappa shape index (κ1) is 11.1. The van der Waals surface area contributed by atoms with Gasteiger partial charge >= 0.3 is 0 Å². The Morgan fingerprint density at radius 3 is 2.47 bits per heavy atom. The highest BCUT2D eigenvalue weighted by atomic mass is 15.3. The SMILES string of the molecule is Cn1nc(C2CC3CC3C2)c(-c2ccccc2)c1N. The topological polar surface area (TPSA) is 43.8 Å². The fourth-order valence-electron chi connectivity index (χ4n) is 3.68. The molecule has 0 amide bonds. The largest absolute Gasteiger partial charge is 0.383 e. The van der Waals surface area contributed by atoms with Crippen molar-refractivity contribution < 1.29 is 0 Å². The number of hydrogen-bond acceptors (Lipinski definition) is 2. The van der Waals surface area contributed by atoms with E-state index in [1.54, 1.807) is 0 Å². The molecule has 1 aromatic carbocycles. The summed E-state index contributed by atoms with van der Waals surface area (Å²) in [6.07, 6.45) is 4.06. The van der Waals surface area contributed by atoms with Crippen LogP contribution in [-0.4, -0.2) is 9.78 Å². The highest BCUT2D eigenvalue weighted by Gasteiger charge is 2.47. The van der Waals surface area contributed by atoms with Gasteiger partial charge in [-0.2, -0.15) is 5.10 Å². The van der Waals surface area contributed by atoms with E-state index in [0.29, 0.717) is 5.92 Å². The molecule has 0 bridgehead atoms. The maximum Gasteiger partial charge on any atom is 0.129 e. The standard InChI is InChI=1S/C16H19N3/c1-19-16(17)14(10-5-3-2-4-6-10)15(18-19)13-8-11-7-12(11)9-13/h2-6,11-13H,7-9,17H2,1H3. The summed E-state index contributed by atoms with van der Waals surface area (Å²) in [7, 11) is 1.95. The molecule has 2 unspecified atom stereocenters. The van der Waals surface area contributed by atoms with E-state index in [-0.39, 0.29) is 0 Å². The fourth-order valence-corrected chi connectivity index (χ4v) is 3.68. The third-order valence-electron chi connectivity index (χ3n) is 4.81. The molecule has 0 aliphatic heterocycles. The molecule has 0 saturated heterocycles. The van der Waals surface area contributed by atoms with Crippen molar-refractivity contribution >= 4 is 5.82 Å². The van der Waals surface area contributed by atoms with Gasteiger partial charge in [-0.15, -0.1) is 0 Å². The summed E-state index contributed by atoms with van der Waals surface area (Å²) in [6.45, 7) is 0. The van der Waals surface area contributed by atoms with E-state index in [0.717, 1.165) is 23.2 Å². The van der Waals surface area contributed by atoms with Crippen molar-refractivity contribution in [1.29, 1.82) is 0 Å². The highest BCUT2D eigenvalue weighted by Crippen LogP contribution is 2.58. The molecular formula is C16H19N3. The fraction of sp³-hybridized carbons (Fsp3) is 0.438. The van der Waals surface area contributed by atoms with Crippen LogP contribution in [0.4, 0.5) is 5.82 Å². The number of anilines is 1. The van der Waals surface area contributed by atoms with Gasteiger partial charge in [-0.1, -0.05) is 30.3 Å². The summed E-state index contributed by atoms with van der Waals surface area (Å²) in [5, 5.41) is 4.72. The molecule has 2 atom stereocenters. The van der Waals surface area contributed by atoms with Crippen molar-refractivity contribution in [2.75, 3.05) is 5.73 Å². The summed E-state index contributed by atoms with van der Waals surface area (Å²) in [4.78, 5) is 0. The summed E-state index contributed by atoms with van der Waals surface area (Å²) >= 11 is 0. The number of nitrogen functional groups attached to an aromatic ring is 1. The third kappa shape index (κ3) is 1.68. The number of aryl methyl sites for hydroxylation is 1. The highest BCUT2D eigenvalue weighted by molar-refractivity contribution is 5.77. The Morgan fingerprint density at radius 2 is 1.79 bits per heavy atom. The number of fused-ring (bicyclic) bond motifs is 1. The van der Waals surface area contributed by atoms with Crippen molar-refractivity contribution in [1.82, 2.24) is 9.78 Å². The van der Waals surface area contributed by atoms with Crippen LogP contribution in [0.5, 0.6) is 0 Å². The van der Waals surface area contributed by atoms with Crippen LogP contribution in [0.1, 0.15) is 30.9 Å². The average molecular weight is 253 g/mol. The second-order valence-electron chi connectivity index (χ2n) is 6.06. The Kier molecular flexibility index (Phi) is 2.25. The van der Waals surface area contributed by atoms with Crippen LogP contribution in [0, 0.1) is 11.8 Å². The Bertz CT molecular complexity index is 604. The second-order valence-corrected chi connectivity index (χ2v) is 6.06. The molecule has 98 valence electrons. The van der Waals surface area contributed by atoms with Crippen molar-refractivity contribution in [2.24, 2.45) is 18.9 Å². The summed E-state index contributed by atoms with van der Waals surface area (Å²) in [5.41, 5.74) is 9.83. The molecule has 2 fully saturated rings. The van der Waals surface area contributed by atoms with Gasteiger partial charge in [0.2, 0.25) is 0 Å². The maximum atomic E-state index is 6.25. The molecule has 2 aliphatic carbocycles. The molecule has 4 rings (SSSR count). The van der Waals surface area contributed by atoms with Crippen LogP contribution in [0.2, 0.25) is 0 Å². The Labute approximate surface area is 113 Å². The van der Waals surface area contributed by atoms with Crippen molar-refractivity contribution in [2.45, 2.75) is 25.2 Å². The van der Waals surface area contributed by atoms with E-state index in [2.05, 4.69) is 24.3 Å². The van der Waals surface area contributed by atoms with Gasteiger partial charge in [0.1, 0.15) is 5.82 Å². The summed E-state index contributed by atoms with van der Waals surface area (Å²) < 4.78 is 1.83. The number of benzene rings is 1. The lowest BCUT2D eigenvalue weighted by molar-refractivity contribution is 0.594. The molecule has 2 aliphatic rings. The molecule has 2 N–H and O–H groups in total. The third-order valence-corrected chi connectivity index (χ3v) is 4.81. The lowest BCUT2D eigenvalue weighted by atomic mass is 9.93. The van der Waals surface area contributed by atoms with E-state index < -0.39 is 0 Å². The zero-order valence-electron chi connectivity index (χ0n) is 11.2. The first-order valence-electron chi connectivity index (χ1n) is 7.12. The van der Waals surface area contributed by atoms with Crippen molar-refractivity contribution in [3.8, 4) is 11.1 Å². The number of hydrogen-bond donors (Lipinski definition) is 1. The van der Waals surface area contributed by atoms with Gasteiger partial charge < -0.3 is 5.73 Å². The zero-order chi connectivity index (χ0) is 13.0. The minimum atomic E-state index is 0.613. The molecule has 1 aromatic heterocycles. The van der Waals surface area contributed by atoms with Crippen LogP contribution in [0.15, 0.2) is 30.3 Å². The molecule has 0 spiro atoms. The van der Waals surface area contributed by atoms with Crippen molar-refractivity contribution in [3.63, 3.8) is 0 Å². The van der Waals surface area contributed by atoms with Gasteiger partial charge in [0.25, 0.3) is 0 Å². The molecule has 3 heteroatoms. The number of aromatic nitrogens is 2. The predicted octanol–water partition coefficient (Wildman–Crippen LogP) is 3.18. The molecule has 19 heavy (non-hydrogen) atoms. The van der Waals surface area contributed by atoms with Crippen LogP contribution < -0.4 is 5.73 Å². The molecular weight excluding hydrogens is 234 g/mol. The van der Waals surface area contributed by atoms with Crippen LogP contribution in [0.3, 0.4) is 0 Å². The van der Waals surface area contributed by atoms with E-state index in [4.69, 9.17) is 10.8 Å². The Balaban J connectivity index is 1.80. The first-order chi connectivity index (χ1) is 9.24. The monoisotopic (exact) mass is 253 g/mol. The van der Waals surface area contributed by atoms with Gasteiger partial charge in [0.05, 0.1) is 5.69 Å². The zero-order valence-corrected chi connectivity index (χ0v) is 11.2. The quantitative estimate of drug-likeness (QED) is 0.893. The van der Waals surface area contributed by atoms with Crippen molar-refractivity contribution in [3.05, 3.63) is 36.0 Å². The van der Waals surface area contributed by atoms with Gasteiger partial charge in [-0.05, 0) is 36.7 Å². The van der Waals surface area contributed by atoms with Gasteiger partial charge in [0, 0.05) is 18.5 Å².